The lowest BCUT2D eigenvalue weighted by atomic mass is 10.0. The minimum Gasteiger partial charge on any atom is -0.465 e. The zero-order valence-electron chi connectivity index (χ0n) is 11.7. The number of hydrogen-bond acceptors (Lipinski definition) is 3. The molecule has 0 aliphatic rings. The van der Waals surface area contributed by atoms with Crippen LogP contribution in [0.15, 0.2) is 54.1 Å². The number of benzene rings is 2. The molecular formula is C17H12Cl2O3. The van der Waals surface area contributed by atoms with Crippen LogP contribution in [0.25, 0.3) is 6.08 Å². The molecule has 0 bridgehead atoms. The highest BCUT2D eigenvalue weighted by Gasteiger charge is 2.21. The summed E-state index contributed by atoms with van der Waals surface area (Å²) in [7, 11) is 1.22. The number of ketones is 1. The quantitative estimate of drug-likeness (QED) is 0.273. The number of carbonyl (C=O) groups is 2. The van der Waals surface area contributed by atoms with Crippen LogP contribution in [0.1, 0.15) is 15.9 Å². The molecule has 0 aliphatic heterocycles. The normalized spacial score (nSPS) is 11.1. The summed E-state index contributed by atoms with van der Waals surface area (Å²) in [6.45, 7) is 0. The molecule has 2 aromatic rings. The van der Waals surface area contributed by atoms with E-state index < -0.39 is 11.8 Å². The number of esters is 1. The molecule has 5 heteroatoms. The molecule has 3 nitrogen and oxygen atoms in total. The minimum absolute atomic E-state index is 0.113. The number of ether oxygens (including phenoxy) is 1. The molecule has 0 aromatic heterocycles. The van der Waals surface area contributed by atoms with Crippen LogP contribution in [0.3, 0.4) is 0 Å². The van der Waals surface area contributed by atoms with E-state index in [0.717, 1.165) is 0 Å². The predicted molar refractivity (Wildman–Crippen MR) is 87.2 cm³/mol. The first kappa shape index (κ1) is 16.3. The Balaban J connectivity index is 2.51. The number of methoxy groups -OCH3 is 1. The molecule has 0 N–H and O–H groups in total. The largest absolute Gasteiger partial charge is 0.465 e. The molecule has 0 spiro atoms. The van der Waals surface area contributed by atoms with Gasteiger partial charge in [-0.3, -0.25) is 4.79 Å². The van der Waals surface area contributed by atoms with Gasteiger partial charge in [0.15, 0.2) is 5.78 Å². The number of Topliss-reactive ketones (excluding diaryl/α,β-unsaturated/α-hetero) is 1. The fourth-order valence-corrected chi connectivity index (χ4v) is 2.22. The molecule has 0 atom stereocenters. The fourth-order valence-electron chi connectivity index (χ4n) is 1.86. The fraction of sp³-hybridized carbons (Fsp3) is 0.0588. The molecule has 0 amide bonds. The second-order valence-corrected chi connectivity index (χ2v) is 5.17. The van der Waals surface area contributed by atoms with E-state index in [2.05, 4.69) is 0 Å². The van der Waals surface area contributed by atoms with Gasteiger partial charge in [0, 0.05) is 5.56 Å². The molecule has 0 radical (unpaired) electrons. The number of rotatable bonds is 4. The van der Waals surface area contributed by atoms with Gasteiger partial charge in [0.05, 0.1) is 17.2 Å². The van der Waals surface area contributed by atoms with E-state index in [4.69, 9.17) is 27.9 Å². The molecule has 0 unspecified atom stereocenters. The maximum atomic E-state index is 12.5. The van der Waals surface area contributed by atoms with Crippen molar-refractivity contribution in [3.63, 3.8) is 0 Å². The van der Waals surface area contributed by atoms with Gasteiger partial charge in [-0.15, -0.1) is 0 Å². The van der Waals surface area contributed by atoms with Gasteiger partial charge < -0.3 is 4.74 Å². The smallest absolute Gasteiger partial charge is 0.341 e. The van der Waals surface area contributed by atoms with Crippen molar-refractivity contribution in [2.45, 2.75) is 0 Å². The zero-order valence-corrected chi connectivity index (χ0v) is 13.2. The topological polar surface area (TPSA) is 43.4 Å². The van der Waals surface area contributed by atoms with Crippen molar-refractivity contribution in [1.29, 1.82) is 0 Å². The van der Waals surface area contributed by atoms with E-state index in [1.54, 1.807) is 48.5 Å². The van der Waals surface area contributed by atoms with Crippen LogP contribution in [0, 0.1) is 0 Å². The first-order valence-electron chi connectivity index (χ1n) is 6.38. The summed E-state index contributed by atoms with van der Waals surface area (Å²) >= 11 is 12.0. The van der Waals surface area contributed by atoms with E-state index in [1.165, 1.54) is 13.2 Å². The molecule has 112 valence electrons. The van der Waals surface area contributed by atoms with Crippen LogP contribution in [-0.4, -0.2) is 18.9 Å². The van der Waals surface area contributed by atoms with Crippen molar-refractivity contribution < 1.29 is 14.3 Å². The Bertz CT molecular complexity index is 737. The highest BCUT2D eigenvalue weighted by atomic mass is 35.5. The lowest BCUT2D eigenvalue weighted by Crippen LogP contribution is -2.14. The summed E-state index contributed by atoms with van der Waals surface area (Å²) in [6, 6.07) is 13.4. The molecule has 22 heavy (non-hydrogen) atoms. The van der Waals surface area contributed by atoms with Gasteiger partial charge in [0.2, 0.25) is 0 Å². The zero-order chi connectivity index (χ0) is 16.1. The summed E-state index contributed by atoms with van der Waals surface area (Å²) in [5.41, 5.74) is 0.744. The lowest BCUT2D eigenvalue weighted by molar-refractivity contribution is -0.135. The standard InChI is InChI=1S/C17H12Cl2O3/c1-22-17(21)13(16(20)11-6-3-2-4-7-11)10-12-8-5-9-14(18)15(12)19/h2-10H,1H3. The SMILES string of the molecule is COC(=O)C(=Cc1cccc(Cl)c1Cl)C(=O)c1ccccc1. The van der Waals surface area contributed by atoms with Crippen LogP contribution < -0.4 is 0 Å². The maximum Gasteiger partial charge on any atom is 0.341 e. The maximum absolute atomic E-state index is 12.5. The third-order valence-electron chi connectivity index (χ3n) is 2.97. The van der Waals surface area contributed by atoms with Crippen LogP contribution in [-0.2, 0) is 9.53 Å². The minimum atomic E-state index is -0.732. The van der Waals surface area contributed by atoms with E-state index in [9.17, 15) is 9.59 Å². The van der Waals surface area contributed by atoms with Crippen molar-refractivity contribution in [3.05, 3.63) is 75.3 Å². The van der Waals surface area contributed by atoms with Gasteiger partial charge in [0.1, 0.15) is 5.57 Å². The Labute approximate surface area is 138 Å². The van der Waals surface area contributed by atoms with E-state index >= 15 is 0 Å². The molecule has 0 heterocycles. The average Bonchev–Trinajstić information content (AvgIpc) is 2.55. The lowest BCUT2D eigenvalue weighted by Gasteiger charge is -2.07. The Morgan fingerprint density at radius 2 is 1.68 bits per heavy atom. The van der Waals surface area contributed by atoms with E-state index in [1.807, 2.05) is 0 Å². The Hall–Kier alpha value is -2.10. The van der Waals surface area contributed by atoms with Crippen LogP contribution in [0.4, 0.5) is 0 Å². The summed E-state index contributed by atoms with van der Waals surface area (Å²) in [5.74, 6) is -1.17. The summed E-state index contributed by atoms with van der Waals surface area (Å²) < 4.78 is 4.69. The van der Waals surface area contributed by atoms with Crippen molar-refractivity contribution >= 4 is 41.0 Å². The first-order chi connectivity index (χ1) is 10.5. The van der Waals surface area contributed by atoms with Crippen molar-refractivity contribution in [2.75, 3.05) is 7.11 Å². The Morgan fingerprint density at radius 1 is 1.00 bits per heavy atom. The first-order valence-corrected chi connectivity index (χ1v) is 7.14. The van der Waals surface area contributed by atoms with Gasteiger partial charge in [-0.05, 0) is 17.7 Å². The molecule has 0 fully saturated rings. The summed E-state index contributed by atoms with van der Waals surface area (Å²) in [5, 5.41) is 0.609. The highest BCUT2D eigenvalue weighted by Crippen LogP contribution is 2.28. The number of hydrogen-bond donors (Lipinski definition) is 0. The molecular weight excluding hydrogens is 323 g/mol. The van der Waals surface area contributed by atoms with E-state index in [0.29, 0.717) is 16.1 Å². The van der Waals surface area contributed by atoms with Gasteiger partial charge in [0.25, 0.3) is 0 Å². The van der Waals surface area contributed by atoms with Gasteiger partial charge in [-0.1, -0.05) is 65.7 Å². The van der Waals surface area contributed by atoms with Gasteiger partial charge in [-0.2, -0.15) is 0 Å². The third kappa shape index (κ3) is 3.56. The number of carbonyl (C=O) groups excluding carboxylic acids is 2. The molecule has 0 saturated heterocycles. The second kappa shape index (κ2) is 7.25. The van der Waals surface area contributed by atoms with Crippen LogP contribution in [0.2, 0.25) is 10.0 Å². The predicted octanol–water partition coefficient (Wildman–Crippen LogP) is 4.43. The summed E-state index contributed by atoms with van der Waals surface area (Å²) in [4.78, 5) is 24.4. The van der Waals surface area contributed by atoms with Gasteiger partial charge >= 0.3 is 5.97 Å². The Morgan fingerprint density at radius 3 is 2.32 bits per heavy atom. The monoisotopic (exact) mass is 334 g/mol. The van der Waals surface area contributed by atoms with Crippen molar-refractivity contribution in [3.8, 4) is 0 Å². The highest BCUT2D eigenvalue weighted by molar-refractivity contribution is 6.43. The number of halogens is 2. The average molecular weight is 335 g/mol. The van der Waals surface area contributed by atoms with Crippen LogP contribution >= 0.6 is 23.2 Å². The van der Waals surface area contributed by atoms with Crippen molar-refractivity contribution in [2.24, 2.45) is 0 Å². The second-order valence-electron chi connectivity index (χ2n) is 4.39. The molecule has 2 rings (SSSR count). The van der Waals surface area contributed by atoms with Gasteiger partial charge in [-0.25, -0.2) is 4.79 Å². The molecule has 2 aromatic carbocycles. The van der Waals surface area contributed by atoms with E-state index in [-0.39, 0.29) is 10.6 Å². The molecule has 0 saturated carbocycles. The third-order valence-corrected chi connectivity index (χ3v) is 3.80. The Kier molecular flexibility index (Phi) is 5.36. The summed E-state index contributed by atoms with van der Waals surface area (Å²) in [6.07, 6.45) is 1.38. The molecule has 0 aliphatic carbocycles. The van der Waals surface area contributed by atoms with Crippen molar-refractivity contribution in [1.82, 2.24) is 0 Å². The van der Waals surface area contributed by atoms with Crippen LogP contribution in [0.5, 0.6) is 0 Å².